The molecule has 0 bridgehead atoms. The van der Waals surface area contributed by atoms with Gasteiger partial charge >= 0.3 is 0 Å². The molecular formula is C54H35NO2. The second kappa shape index (κ2) is 13.6. The van der Waals surface area contributed by atoms with Crippen LogP contribution >= 0.6 is 0 Å². The first kappa shape index (κ1) is 32.8. The largest absolute Gasteiger partial charge is 0.456 e. The second-order valence-electron chi connectivity index (χ2n) is 14.5. The highest BCUT2D eigenvalue weighted by Gasteiger charge is 2.18. The van der Waals surface area contributed by atoms with Crippen LogP contribution in [0, 0.1) is 0 Å². The number of hydrogen-bond donors (Lipinski definition) is 0. The van der Waals surface area contributed by atoms with Crippen LogP contribution in [0.3, 0.4) is 0 Å². The summed E-state index contributed by atoms with van der Waals surface area (Å²) in [5.41, 5.74) is 16.1. The van der Waals surface area contributed by atoms with Gasteiger partial charge in [-0.05, 0) is 117 Å². The summed E-state index contributed by atoms with van der Waals surface area (Å²) in [6.07, 6.45) is 0. The Morgan fingerprint density at radius 2 is 0.649 bits per heavy atom. The Balaban J connectivity index is 0.988. The molecule has 0 aliphatic rings. The van der Waals surface area contributed by atoms with Gasteiger partial charge in [0.25, 0.3) is 0 Å². The van der Waals surface area contributed by atoms with E-state index in [0.29, 0.717) is 0 Å². The van der Waals surface area contributed by atoms with E-state index in [1.165, 1.54) is 22.3 Å². The van der Waals surface area contributed by atoms with Crippen LogP contribution < -0.4 is 4.90 Å². The molecule has 11 rings (SSSR count). The zero-order valence-electron chi connectivity index (χ0n) is 31.0. The third kappa shape index (κ3) is 5.85. The van der Waals surface area contributed by atoms with Gasteiger partial charge < -0.3 is 13.7 Å². The van der Waals surface area contributed by atoms with E-state index in [0.717, 1.165) is 83.2 Å². The predicted molar refractivity (Wildman–Crippen MR) is 237 cm³/mol. The number of anilines is 3. The number of nitrogens with zero attached hydrogens (tertiary/aromatic N) is 1. The SMILES string of the molecule is c1ccc(-c2ccc(-c3ccc(N(c4ccccc4)c4ccc(-c5cc6oc7ccccc7c6cc5-c5ccc6oc7ccccc7c6c5)cc4)cc3)cc2)cc1. The summed E-state index contributed by atoms with van der Waals surface area (Å²) >= 11 is 0. The fourth-order valence-electron chi connectivity index (χ4n) is 8.25. The number of para-hydroxylation sites is 3. The molecule has 2 aromatic heterocycles. The van der Waals surface area contributed by atoms with Crippen molar-refractivity contribution in [3.63, 3.8) is 0 Å². The van der Waals surface area contributed by atoms with Gasteiger partial charge in [-0.1, -0.05) is 140 Å². The molecule has 9 aromatic carbocycles. The van der Waals surface area contributed by atoms with Crippen LogP contribution in [0.1, 0.15) is 0 Å². The van der Waals surface area contributed by atoms with Crippen molar-refractivity contribution in [2.45, 2.75) is 0 Å². The molecule has 0 saturated heterocycles. The minimum Gasteiger partial charge on any atom is -0.456 e. The summed E-state index contributed by atoms with van der Waals surface area (Å²) in [6, 6.07) is 75.2. The molecule has 3 heteroatoms. The molecule has 0 amide bonds. The fraction of sp³-hybridized carbons (Fsp3) is 0. The summed E-state index contributed by atoms with van der Waals surface area (Å²) in [7, 11) is 0. The first-order chi connectivity index (χ1) is 28.2. The lowest BCUT2D eigenvalue weighted by atomic mass is 9.92. The lowest BCUT2D eigenvalue weighted by molar-refractivity contribution is 0.668. The minimum absolute atomic E-state index is 0.870. The summed E-state index contributed by atoms with van der Waals surface area (Å²) in [4.78, 5) is 2.31. The molecule has 0 unspecified atom stereocenters. The normalized spacial score (nSPS) is 11.5. The maximum absolute atomic E-state index is 6.44. The quantitative estimate of drug-likeness (QED) is 0.164. The Hall–Kier alpha value is -7.62. The Bertz CT molecular complexity index is 3200. The van der Waals surface area contributed by atoms with Crippen LogP contribution in [0.4, 0.5) is 17.1 Å². The van der Waals surface area contributed by atoms with E-state index in [4.69, 9.17) is 8.83 Å². The maximum Gasteiger partial charge on any atom is 0.136 e. The third-order valence-corrected chi connectivity index (χ3v) is 11.1. The topological polar surface area (TPSA) is 29.5 Å². The third-order valence-electron chi connectivity index (χ3n) is 11.1. The molecule has 0 fully saturated rings. The molecule has 3 nitrogen and oxygen atoms in total. The van der Waals surface area contributed by atoms with E-state index < -0.39 is 0 Å². The van der Waals surface area contributed by atoms with Crippen molar-refractivity contribution in [2.24, 2.45) is 0 Å². The standard InChI is InChI=1S/C54H35NO2/c1-3-11-36(12-4-1)37-19-21-38(22-20-37)39-23-28-43(29-24-39)55(42-13-5-2-6-14-42)44-30-25-40(26-31-44)48-35-54-50(46-16-8-10-18-52(46)57-54)34-47(48)41-27-32-53-49(33-41)45-15-7-9-17-51(45)56-53/h1-35H. The number of hydrogen-bond acceptors (Lipinski definition) is 3. The van der Waals surface area contributed by atoms with Gasteiger partial charge in [0.1, 0.15) is 22.3 Å². The van der Waals surface area contributed by atoms with Crippen molar-refractivity contribution >= 4 is 60.9 Å². The van der Waals surface area contributed by atoms with E-state index in [9.17, 15) is 0 Å². The Kier molecular flexibility index (Phi) is 7.82. The Labute approximate surface area is 330 Å². The van der Waals surface area contributed by atoms with Gasteiger partial charge in [0.2, 0.25) is 0 Å². The van der Waals surface area contributed by atoms with Crippen molar-refractivity contribution in [2.75, 3.05) is 4.90 Å². The van der Waals surface area contributed by atoms with Crippen molar-refractivity contribution in [3.05, 3.63) is 212 Å². The number of rotatable bonds is 7. The van der Waals surface area contributed by atoms with Gasteiger partial charge in [-0.15, -0.1) is 0 Å². The molecule has 0 N–H and O–H groups in total. The van der Waals surface area contributed by atoms with Crippen molar-refractivity contribution in [1.29, 1.82) is 0 Å². The lowest BCUT2D eigenvalue weighted by Gasteiger charge is -2.26. The van der Waals surface area contributed by atoms with Crippen LogP contribution in [0.5, 0.6) is 0 Å². The molecule has 57 heavy (non-hydrogen) atoms. The molecule has 268 valence electrons. The van der Waals surface area contributed by atoms with E-state index >= 15 is 0 Å². The highest BCUT2D eigenvalue weighted by Crippen LogP contribution is 2.43. The molecule has 0 saturated carbocycles. The van der Waals surface area contributed by atoms with Crippen molar-refractivity contribution in [3.8, 4) is 44.5 Å². The number of fused-ring (bicyclic) bond motifs is 6. The van der Waals surface area contributed by atoms with Crippen LogP contribution in [0.15, 0.2) is 221 Å². The molecule has 0 radical (unpaired) electrons. The predicted octanol–water partition coefficient (Wildman–Crippen LogP) is 15.6. The summed E-state index contributed by atoms with van der Waals surface area (Å²) in [5.74, 6) is 0. The zero-order chi connectivity index (χ0) is 37.7. The van der Waals surface area contributed by atoms with Crippen LogP contribution in [0.2, 0.25) is 0 Å². The molecule has 0 atom stereocenters. The Morgan fingerprint density at radius 3 is 1.26 bits per heavy atom. The zero-order valence-corrected chi connectivity index (χ0v) is 31.0. The Morgan fingerprint density at radius 1 is 0.246 bits per heavy atom. The molecule has 0 spiro atoms. The molecule has 0 aliphatic carbocycles. The van der Waals surface area contributed by atoms with Crippen LogP contribution in [-0.2, 0) is 0 Å². The molecular weight excluding hydrogens is 695 g/mol. The van der Waals surface area contributed by atoms with Crippen molar-refractivity contribution in [1.82, 2.24) is 0 Å². The smallest absolute Gasteiger partial charge is 0.136 e. The van der Waals surface area contributed by atoms with Gasteiger partial charge in [-0.3, -0.25) is 0 Å². The van der Waals surface area contributed by atoms with E-state index in [1.54, 1.807) is 0 Å². The summed E-state index contributed by atoms with van der Waals surface area (Å²) < 4.78 is 12.7. The maximum atomic E-state index is 6.44. The van der Waals surface area contributed by atoms with Crippen LogP contribution in [-0.4, -0.2) is 0 Å². The van der Waals surface area contributed by atoms with Gasteiger partial charge in [-0.2, -0.15) is 0 Å². The average Bonchev–Trinajstić information content (AvgIpc) is 3.85. The lowest BCUT2D eigenvalue weighted by Crippen LogP contribution is -2.09. The number of furan rings is 2. The van der Waals surface area contributed by atoms with E-state index in [1.807, 2.05) is 24.3 Å². The monoisotopic (exact) mass is 729 g/mol. The van der Waals surface area contributed by atoms with Gasteiger partial charge in [0.05, 0.1) is 0 Å². The molecule has 2 heterocycles. The fourth-order valence-corrected chi connectivity index (χ4v) is 8.25. The summed E-state index contributed by atoms with van der Waals surface area (Å²) in [5, 5.41) is 4.43. The highest BCUT2D eigenvalue weighted by atomic mass is 16.3. The minimum atomic E-state index is 0.870. The van der Waals surface area contributed by atoms with Gasteiger partial charge in [-0.25, -0.2) is 0 Å². The average molecular weight is 730 g/mol. The molecule has 0 aliphatic heterocycles. The first-order valence-corrected chi connectivity index (χ1v) is 19.3. The summed E-state index contributed by atoms with van der Waals surface area (Å²) in [6.45, 7) is 0. The number of benzene rings is 9. The van der Waals surface area contributed by atoms with E-state index in [-0.39, 0.29) is 0 Å². The van der Waals surface area contributed by atoms with Crippen molar-refractivity contribution < 1.29 is 8.83 Å². The van der Waals surface area contributed by atoms with Crippen LogP contribution in [0.25, 0.3) is 88.4 Å². The second-order valence-corrected chi connectivity index (χ2v) is 14.5. The van der Waals surface area contributed by atoms with Gasteiger partial charge in [0.15, 0.2) is 0 Å². The van der Waals surface area contributed by atoms with E-state index in [2.05, 4.69) is 193 Å². The first-order valence-electron chi connectivity index (χ1n) is 19.3. The van der Waals surface area contributed by atoms with Gasteiger partial charge in [0, 0.05) is 38.6 Å². The highest BCUT2D eigenvalue weighted by molar-refractivity contribution is 6.11. The molecule has 11 aromatic rings.